The van der Waals surface area contributed by atoms with Gasteiger partial charge in [0.2, 0.25) is 0 Å². The Hall–Kier alpha value is -2.62. The van der Waals surface area contributed by atoms with E-state index in [-0.39, 0.29) is 23.3 Å². The molecule has 4 rings (SSSR count). The van der Waals surface area contributed by atoms with Gasteiger partial charge in [-0.25, -0.2) is 9.98 Å². The second-order valence-corrected chi connectivity index (χ2v) is 8.26. The largest absolute Gasteiger partial charge is 0.472 e. The Kier molecular flexibility index (Phi) is 4.29. The molecule has 2 aliphatic rings. The molecule has 27 heavy (non-hydrogen) atoms. The lowest BCUT2D eigenvalue weighted by Gasteiger charge is -2.26. The predicted octanol–water partition coefficient (Wildman–Crippen LogP) is 5.27. The summed E-state index contributed by atoms with van der Waals surface area (Å²) in [6.45, 7) is 8.31. The molecule has 0 saturated carbocycles. The van der Waals surface area contributed by atoms with Gasteiger partial charge in [-0.15, -0.1) is 0 Å². The fourth-order valence-corrected chi connectivity index (χ4v) is 3.89. The molecule has 0 fully saturated rings. The van der Waals surface area contributed by atoms with Crippen LogP contribution in [0, 0.1) is 0 Å². The van der Waals surface area contributed by atoms with Crippen molar-refractivity contribution in [3.05, 3.63) is 71.8 Å². The summed E-state index contributed by atoms with van der Waals surface area (Å²) in [5, 5.41) is 0. The van der Waals surface area contributed by atoms with Crippen LogP contribution >= 0.6 is 0 Å². The van der Waals surface area contributed by atoms with E-state index in [0.717, 1.165) is 11.1 Å². The Morgan fingerprint density at radius 3 is 1.41 bits per heavy atom. The minimum atomic E-state index is -0.385. The minimum absolute atomic E-state index is 0.0198. The van der Waals surface area contributed by atoms with Crippen molar-refractivity contribution in [1.82, 2.24) is 0 Å². The number of benzene rings is 2. The van der Waals surface area contributed by atoms with Gasteiger partial charge in [0.15, 0.2) is 11.8 Å². The molecule has 4 heteroatoms. The standard InChI is InChI=1S/C23H26N2O2/c1-22(2)20(16-11-7-5-8-12-16)24-18(26-22)15-19-25-21(23(3,4)27-19)17-13-9-6-10-14-17/h5-14,20-21H,15H2,1-4H3/t20-,21-/m1/s1. The van der Waals surface area contributed by atoms with Gasteiger partial charge in [-0.05, 0) is 38.8 Å². The van der Waals surface area contributed by atoms with Gasteiger partial charge in [0.1, 0.15) is 23.3 Å². The second-order valence-electron chi connectivity index (χ2n) is 8.26. The number of hydrogen-bond acceptors (Lipinski definition) is 4. The number of aliphatic imine (C=N–C) groups is 2. The molecule has 2 atom stereocenters. The molecule has 0 aromatic heterocycles. The average molecular weight is 362 g/mol. The molecule has 0 bridgehead atoms. The SMILES string of the molecule is CC1(C)OC(CC2=N[C@H](c3ccccc3)C(C)(C)O2)=N[C@@H]1c1ccccc1. The van der Waals surface area contributed by atoms with Gasteiger partial charge >= 0.3 is 0 Å². The predicted molar refractivity (Wildman–Crippen MR) is 108 cm³/mol. The number of nitrogens with zero attached hydrogens (tertiary/aromatic N) is 2. The van der Waals surface area contributed by atoms with Crippen LogP contribution in [0.15, 0.2) is 70.6 Å². The zero-order valence-electron chi connectivity index (χ0n) is 16.3. The highest BCUT2D eigenvalue weighted by molar-refractivity contribution is 5.99. The van der Waals surface area contributed by atoms with E-state index in [4.69, 9.17) is 19.5 Å². The Balaban J connectivity index is 1.56. The van der Waals surface area contributed by atoms with Crippen LogP contribution in [0.1, 0.15) is 57.3 Å². The van der Waals surface area contributed by atoms with Crippen molar-refractivity contribution in [3.8, 4) is 0 Å². The van der Waals surface area contributed by atoms with Crippen LogP contribution in [-0.4, -0.2) is 23.0 Å². The van der Waals surface area contributed by atoms with Crippen molar-refractivity contribution in [2.45, 2.75) is 57.4 Å². The van der Waals surface area contributed by atoms with Crippen molar-refractivity contribution in [3.63, 3.8) is 0 Å². The van der Waals surface area contributed by atoms with Crippen LogP contribution in [0.2, 0.25) is 0 Å². The summed E-state index contributed by atoms with van der Waals surface area (Å²) in [6, 6.07) is 20.5. The maximum absolute atomic E-state index is 6.18. The quantitative estimate of drug-likeness (QED) is 0.743. The Morgan fingerprint density at radius 1 is 0.667 bits per heavy atom. The van der Waals surface area contributed by atoms with Gasteiger partial charge in [-0.2, -0.15) is 0 Å². The number of hydrogen-bond donors (Lipinski definition) is 0. The molecule has 0 N–H and O–H groups in total. The summed E-state index contributed by atoms with van der Waals surface area (Å²) in [5.74, 6) is 1.38. The van der Waals surface area contributed by atoms with E-state index >= 15 is 0 Å². The number of ether oxygens (including phenoxy) is 2. The van der Waals surface area contributed by atoms with Crippen molar-refractivity contribution < 1.29 is 9.47 Å². The van der Waals surface area contributed by atoms with E-state index in [9.17, 15) is 0 Å². The van der Waals surface area contributed by atoms with Gasteiger partial charge in [0, 0.05) is 0 Å². The lowest BCUT2D eigenvalue weighted by atomic mass is 9.93. The van der Waals surface area contributed by atoms with E-state index in [1.165, 1.54) is 0 Å². The van der Waals surface area contributed by atoms with E-state index in [1.54, 1.807) is 0 Å². The van der Waals surface area contributed by atoms with Crippen molar-refractivity contribution in [2.24, 2.45) is 9.98 Å². The molecule has 2 heterocycles. The van der Waals surface area contributed by atoms with Crippen molar-refractivity contribution in [2.75, 3.05) is 0 Å². The van der Waals surface area contributed by atoms with Gasteiger partial charge in [-0.3, -0.25) is 0 Å². The smallest absolute Gasteiger partial charge is 0.194 e. The van der Waals surface area contributed by atoms with Gasteiger partial charge in [0.05, 0.1) is 6.42 Å². The minimum Gasteiger partial charge on any atom is -0.472 e. The van der Waals surface area contributed by atoms with Crippen LogP contribution in [0.3, 0.4) is 0 Å². The fraction of sp³-hybridized carbons (Fsp3) is 0.391. The molecule has 0 radical (unpaired) electrons. The number of rotatable bonds is 4. The molecule has 4 nitrogen and oxygen atoms in total. The third-order valence-corrected chi connectivity index (χ3v) is 5.16. The van der Waals surface area contributed by atoms with E-state index in [1.807, 2.05) is 36.4 Å². The third kappa shape index (κ3) is 3.48. The third-order valence-electron chi connectivity index (χ3n) is 5.16. The summed E-state index contributed by atoms with van der Waals surface area (Å²) >= 11 is 0. The highest BCUT2D eigenvalue weighted by atomic mass is 16.5. The molecule has 0 aliphatic carbocycles. The molecule has 0 saturated heterocycles. The maximum Gasteiger partial charge on any atom is 0.194 e. The van der Waals surface area contributed by atoms with Crippen LogP contribution in [0.4, 0.5) is 0 Å². The molecule has 2 aliphatic heterocycles. The zero-order valence-corrected chi connectivity index (χ0v) is 16.3. The first kappa shape index (κ1) is 17.8. The molecule has 0 unspecified atom stereocenters. The molecule has 2 aromatic carbocycles. The van der Waals surface area contributed by atoms with Crippen molar-refractivity contribution >= 4 is 11.8 Å². The lowest BCUT2D eigenvalue weighted by Crippen LogP contribution is -2.29. The zero-order chi connectivity index (χ0) is 19.1. The molecular weight excluding hydrogens is 336 g/mol. The summed E-state index contributed by atoms with van der Waals surface area (Å²) in [7, 11) is 0. The Labute approximate surface area is 161 Å². The van der Waals surface area contributed by atoms with Gasteiger partial charge < -0.3 is 9.47 Å². The molecular formula is C23H26N2O2. The van der Waals surface area contributed by atoms with Crippen molar-refractivity contribution in [1.29, 1.82) is 0 Å². The highest BCUT2D eigenvalue weighted by Crippen LogP contribution is 2.41. The van der Waals surface area contributed by atoms with E-state index in [0.29, 0.717) is 18.2 Å². The molecule has 0 amide bonds. The fourth-order valence-electron chi connectivity index (χ4n) is 3.89. The van der Waals surface area contributed by atoms with Crippen LogP contribution in [0.5, 0.6) is 0 Å². The van der Waals surface area contributed by atoms with E-state index in [2.05, 4.69) is 52.0 Å². The summed E-state index contributed by atoms with van der Waals surface area (Å²) in [4.78, 5) is 9.71. The first-order valence-corrected chi connectivity index (χ1v) is 9.46. The maximum atomic E-state index is 6.18. The Morgan fingerprint density at radius 2 is 1.04 bits per heavy atom. The summed E-state index contributed by atoms with van der Waals surface area (Å²) < 4.78 is 12.4. The summed E-state index contributed by atoms with van der Waals surface area (Å²) in [6.07, 6.45) is 0.486. The second kappa shape index (κ2) is 6.52. The first-order chi connectivity index (χ1) is 12.9. The highest BCUT2D eigenvalue weighted by Gasteiger charge is 2.43. The van der Waals surface area contributed by atoms with E-state index < -0.39 is 0 Å². The molecule has 0 spiro atoms. The average Bonchev–Trinajstić information content (AvgIpc) is 3.11. The normalized spacial score (nSPS) is 25.3. The molecule has 140 valence electrons. The van der Waals surface area contributed by atoms with Gasteiger partial charge in [0.25, 0.3) is 0 Å². The summed E-state index contributed by atoms with van der Waals surface area (Å²) in [5.41, 5.74) is 1.55. The molecule has 2 aromatic rings. The Bertz CT molecular complexity index is 796. The van der Waals surface area contributed by atoms with Crippen LogP contribution in [0.25, 0.3) is 0 Å². The van der Waals surface area contributed by atoms with Gasteiger partial charge in [-0.1, -0.05) is 60.7 Å². The monoisotopic (exact) mass is 362 g/mol. The topological polar surface area (TPSA) is 43.2 Å². The lowest BCUT2D eigenvalue weighted by molar-refractivity contribution is 0.0871. The first-order valence-electron chi connectivity index (χ1n) is 9.46. The van der Waals surface area contributed by atoms with Crippen LogP contribution < -0.4 is 0 Å². The van der Waals surface area contributed by atoms with Crippen LogP contribution in [-0.2, 0) is 9.47 Å².